The summed E-state index contributed by atoms with van der Waals surface area (Å²) >= 11 is 0. The summed E-state index contributed by atoms with van der Waals surface area (Å²) in [5.41, 5.74) is 2.58. The molecule has 1 aliphatic rings. The van der Waals surface area contributed by atoms with Crippen molar-refractivity contribution in [3.63, 3.8) is 0 Å². The minimum Gasteiger partial charge on any atom is -0.497 e. The second-order valence-corrected chi connectivity index (χ2v) is 12.6. The topological polar surface area (TPSA) is 127 Å². The number of aromatic nitrogens is 3. The Labute approximate surface area is 281 Å². The highest BCUT2D eigenvalue weighted by Crippen LogP contribution is 2.28. The van der Waals surface area contributed by atoms with Crippen LogP contribution in [0.3, 0.4) is 0 Å². The Morgan fingerprint density at radius 3 is 2.42 bits per heavy atom. The molecule has 2 aromatic carbocycles. The molecule has 5 atom stereocenters. The first-order valence-corrected chi connectivity index (χ1v) is 16.3. The van der Waals surface area contributed by atoms with E-state index < -0.39 is 30.0 Å². The van der Waals surface area contributed by atoms with Crippen LogP contribution >= 0.6 is 0 Å². The molecule has 1 saturated heterocycles. The Bertz CT molecular complexity index is 1600. The van der Waals surface area contributed by atoms with Gasteiger partial charge in [-0.15, -0.1) is 5.10 Å². The molecule has 48 heavy (non-hydrogen) atoms. The molecule has 0 radical (unpaired) electrons. The van der Waals surface area contributed by atoms with Gasteiger partial charge in [0.1, 0.15) is 29.9 Å². The number of hydrogen-bond acceptors (Lipinski definition) is 9. The average molecular weight is 664 g/mol. The zero-order valence-corrected chi connectivity index (χ0v) is 28.3. The van der Waals surface area contributed by atoms with Gasteiger partial charge in [0.15, 0.2) is 5.82 Å². The number of hydrogen-bond donors (Lipinski definition) is 1. The number of halogens is 1. The van der Waals surface area contributed by atoms with Gasteiger partial charge in [-0.25, -0.2) is 13.9 Å². The molecule has 0 spiro atoms. The van der Waals surface area contributed by atoms with Gasteiger partial charge in [-0.3, -0.25) is 0 Å². The first kappa shape index (κ1) is 36.4. The number of allylic oxidation sites excluding steroid dienone is 2. The number of nitrogens with zero attached hydrogens (tertiary/aromatic N) is 5. The van der Waals surface area contributed by atoms with Gasteiger partial charge < -0.3 is 34.0 Å². The van der Waals surface area contributed by atoms with Crippen LogP contribution in [0.25, 0.3) is 22.8 Å². The summed E-state index contributed by atoms with van der Waals surface area (Å²) in [4.78, 5) is 40.1. The molecule has 258 valence electrons. The van der Waals surface area contributed by atoms with E-state index in [0.717, 1.165) is 24.9 Å². The highest BCUT2D eigenvalue weighted by molar-refractivity contribution is 5.80. The Hall–Kier alpha value is -4.42. The average Bonchev–Trinajstić information content (AvgIpc) is 3.50. The predicted octanol–water partition coefficient (Wildman–Crippen LogP) is 5.10. The van der Waals surface area contributed by atoms with E-state index in [2.05, 4.69) is 15.2 Å². The Kier molecular flexibility index (Phi) is 13.0. The summed E-state index contributed by atoms with van der Waals surface area (Å²) in [6.07, 6.45) is 6.19. The SMILES string of the molecule is COc1ccc(-n2nnc3c(F)cc(/C=C(\C)[C@@H](C=O)[C@@H](C)/C=C/[C@H](OC(=O)N4CCN(C)CC4)[C@H](C)CC[C@H](O)CC=O)cc32)cc1. The number of aldehydes is 2. The number of fused-ring (bicyclic) bond motifs is 1. The standard InChI is InChI=1S/C36H46FN5O6/c1-24(7-13-34(25(2)6-10-29(45)14-19-43)48-36(46)41-17-15-40(4)16-18-41)31(23-44)26(3)20-27-21-32(37)35-33(22-27)42(39-38-35)28-8-11-30(47-5)12-9-28/h7-9,11-13,19-25,29,31,34,45H,6,10,14-18H2,1-5H3/b13-7+,26-20+/t24-,25+,29-,31-,34-/m0/s1. The molecule has 1 N–H and O–H groups in total. The van der Waals surface area contributed by atoms with Gasteiger partial charge in [0.05, 0.1) is 24.4 Å². The molecule has 1 fully saturated rings. The Balaban J connectivity index is 1.53. The number of aliphatic hydroxyl groups is 1. The molecule has 0 saturated carbocycles. The first-order valence-electron chi connectivity index (χ1n) is 16.3. The van der Waals surface area contributed by atoms with Gasteiger partial charge in [-0.2, -0.15) is 0 Å². The van der Waals surface area contributed by atoms with Gasteiger partial charge in [0.2, 0.25) is 0 Å². The first-order chi connectivity index (χ1) is 23.0. The Morgan fingerprint density at radius 1 is 1.06 bits per heavy atom. The molecule has 0 aliphatic carbocycles. The van der Waals surface area contributed by atoms with Gasteiger partial charge in [-0.1, -0.05) is 36.8 Å². The summed E-state index contributed by atoms with van der Waals surface area (Å²) in [7, 11) is 3.58. The monoisotopic (exact) mass is 663 g/mol. The summed E-state index contributed by atoms with van der Waals surface area (Å²) in [6, 6.07) is 10.3. The third kappa shape index (κ3) is 9.35. The molecular weight excluding hydrogens is 617 g/mol. The third-order valence-corrected chi connectivity index (χ3v) is 8.97. The molecule has 1 amide bonds. The lowest BCUT2D eigenvalue weighted by atomic mass is 9.86. The van der Waals surface area contributed by atoms with Crippen molar-refractivity contribution >= 4 is 35.8 Å². The van der Waals surface area contributed by atoms with Gasteiger partial charge in [0, 0.05) is 38.5 Å². The van der Waals surface area contributed by atoms with Crippen LogP contribution in [0.1, 0.15) is 45.6 Å². The quantitative estimate of drug-likeness (QED) is 0.175. The lowest BCUT2D eigenvalue weighted by Gasteiger charge is -2.33. The fourth-order valence-corrected chi connectivity index (χ4v) is 5.78. The molecule has 0 unspecified atom stereocenters. The van der Waals surface area contributed by atoms with Crippen LogP contribution in [0.4, 0.5) is 9.18 Å². The molecule has 2 heterocycles. The number of amides is 1. The van der Waals surface area contributed by atoms with Crippen molar-refractivity contribution < 1.29 is 33.4 Å². The molecule has 1 aromatic heterocycles. The van der Waals surface area contributed by atoms with E-state index in [1.165, 1.54) is 6.07 Å². The second kappa shape index (κ2) is 17.1. The summed E-state index contributed by atoms with van der Waals surface area (Å²) in [5, 5.41) is 18.3. The summed E-state index contributed by atoms with van der Waals surface area (Å²) in [5.74, 6) is -0.825. The highest BCUT2D eigenvalue weighted by Gasteiger charge is 2.26. The minimum absolute atomic E-state index is 0.0507. The molecule has 3 aromatic rings. The van der Waals surface area contributed by atoms with E-state index in [0.29, 0.717) is 54.7 Å². The fraction of sp³-hybridized carbons (Fsp3) is 0.472. The van der Waals surface area contributed by atoms with Gasteiger partial charge in [-0.05, 0) is 86.7 Å². The van der Waals surface area contributed by atoms with E-state index in [1.54, 1.807) is 53.1 Å². The Morgan fingerprint density at radius 2 is 1.77 bits per heavy atom. The van der Waals surface area contributed by atoms with E-state index in [1.807, 2.05) is 40.0 Å². The number of likely N-dealkylation sites (N-methyl/N-ethyl adjacent to an activating group) is 1. The van der Waals surface area contributed by atoms with Crippen LogP contribution in [0, 0.1) is 23.6 Å². The van der Waals surface area contributed by atoms with Crippen LogP contribution < -0.4 is 4.74 Å². The number of carbonyl (C=O) groups is 3. The highest BCUT2D eigenvalue weighted by atomic mass is 19.1. The molecule has 0 bridgehead atoms. The minimum atomic E-state index is -0.760. The lowest BCUT2D eigenvalue weighted by Crippen LogP contribution is -2.48. The molecular formula is C36H46FN5O6. The molecule has 1 aliphatic heterocycles. The number of aliphatic hydroxyl groups excluding tert-OH is 1. The number of benzene rings is 2. The van der Waals surface area contributed by atoms with Crippen molar-refractivity contribution in [3.8, 4) is 11.4 Å². The van der Waals surface area contributed by atoms with Crippen molar-refractivity contribution in [1.29, 1.82) is 0 Å². The van der Waals surface area contributed by atoms with E-state index in [9.17, 15) is 19.5 Å². The number of piperazine rings is 1. The van der Waals surface area contributed by atoms with Crippen molar-refractivity contribution in [2.45, 2.75) is 52.2 Å². The number of rotatable bonds is 15. The maximum atomic E-state index is 15.2. The van der Waals surface area contributed by atoms with Crippen LogP contribution in [-0.4, -0.2) is 101 Å². The fourth-order valence-electron chi connectivity index (χ4n) is 5.78. The van der Waals surface area contributed by atoms with Crippen LogP contribution in [0.5, 0.6) is 5.75 Å². The van der Waals surface area contributed by atoms with Gasteiger partial charge >= 0.3 is 6.09 Å². The van der Waals surface area contributed by atoms with Crippen molar-refractivity contribution in [3.05, 3.63) is 65.5 Å². The zero-order valence-electron chi connectivity index (χ0n) is 28.3. The summed E-state index contributed by atoms with van der Waals surface area (Å²) < 4.78 is 27.9. The smallest absolute Gasteiger partial charge is 0.410 e. The maximum absolute atomic E-state index is 15.2. The lowest BCUT2D eigenvalue weighted by molar-refractivity contribution is -0.111. The normalized spacial score (nSPS) is 17.6. The number of methoxy groups -OCH3 is 1. The number of ether oxygens (including phenoxy) is 2. The van der Waals surface area contributed by atoms with E-state index in [4.69, 9.17) is 9.47 Å². The van der Waals surface area contributed by atoms with Crippen LogP contribution in [-0.2, 0) is 14.3 Å². The summed E-state index contributed by atoms with van der Waals surface area (Å²) in [6.45, 7) is 8.30. The van der Waals surface area contributed by atoms with Crippen molar-refractivity contribution in [1.82, 2.24) is 24.8 Å². The molecule has 4 rings (SSSR count). The predicted molar refractivity (Wildman–Crippen MR) is 181 cm³/mol. The van der Waals surface area contributed by atoms with Crippen LogP contribution in [0.2, 0.25) is 0 Å². The zero-order chi connectivity index (χ0) is 34.8. The largest absolute Gasteiger partial charge is 0.497 e. The van der Waals surface area contributed by atoms with E-state index >= 15 is 4.39 Å². The molecule has 12 heteroatoms. The maximum Gasteiger partial charge on any atom is 0.410 e. The number of carbonyl (C=O) groups excluding carboxylic acids is 3. The second-order valence-electron chi connectivity index (χ2n) is 12.6. The van der Waals surface area contributed by atoms with Crippen LogP contribution in [0.15, 0.2) is 54.1 Å². The van der Waals surface area contributed by atoms with E-state index in [-0.39, 0.29) is 23.8 Å². The molecule has 11 nitrogen and oxygen atoms in total. The third-order valence-electron chi connectivity index (χ3n) is 8.97. The van der Waals surface area contributed by atoms with Crippen molar-refractivity contribution in [2.75, 3.05) is 40.3 Å². The van der Waals surface area contributed by atoms with Gasteiger partial charge in [0.25, 0.3) is 0 Å². The van der Waals surface area contributed by atoms with Crippen molar-refractivity contribution in [2.24, 2.45) is 17.8 Å².